The zero-order valence-corrected chi connectivity index (χ0v) is 6.49. The standard InChI is InChI=1S/C6H7BO3.ClH/c8-7(9)10-6-4-2-1-3-5-6;/h1-5,8-9H;1H. The van der Waals surface area contributed by atoms with Crippen LogP contribution < -0.4 is 4.65 Å². The Bertz CT molecular complexity index is 192. The van der Waals surface area contributed by atoms with Crippen molar-refractivity contribution in [2.75, 3.05) is 0 Å². The average molecular weight is 174 g/mol. The van der Waals surface area contributed by atoms with Crippen LogP contribution in [0.4, 0.5) is 0 Å². The topological polar surface area (TPSA) is 49.7 Å². The van der Waals surface area contributed by atoms with Crippen LogP contribution in [0.3, 0.4) is 0 Å². The van der Waals surface area contributed by atoms with Crippen molar-refractivity contribution in [3.63, 3.8) is 0 Å². The lowest BCUT2D eigenvalue weighted by molar-refractivity contribution is 0.288. The van der Waals surface area contributed by atoms with E-state index in [-0.39, 0.29) is 12.4 Å². The van der Waals surface area contributed by atoms with Crippen LogP contribution in [0.1, 0.15) is 0 Å². The van der Waals surface area contributed by atoms with Crippen molar-refractivity contribution in [1.82, 2.24) is 0 Å². The zero-order valence-electron chi connectivity index (χ0n) is 5.68. The summed E-state index contributed by atoms with van der Waals surface area (Å²) >= 11 is 0. The number of hydrogen-bond acceptors (Lipinski definition) is 3. The highest BCUT2D eigenvalue weighted by molar-refractivity contribution is 6.33. The molecule has 0 heterocycles. The molecule has 0 unspecified atom stereocenters. The first-order valence-corrected chi connectivity index (χ1v) is 2.87. The van der Waals surface area contributed by atoms with Gasteiger partial charge in [-0.1, -0.05) is 18.2 Å². The quantitative estimate of drug-likeness (QED) is 0.640. The van der Waals surface area contributed by atoms with E-state index in [2.05, 4.69) is 4.65 Å². The molecule has 0 aliphatic carbocycles. The van der Waals surface area contributed by atoms with Gasteiger partial charge in [-0.3, -0.25) is 0 Å². The van der Waals surface area contributed by atoms with Crippen LogP contribution in [0.5, 0.6) is 5.75 Å². The smallest absolute Gasteiger partial charge is 0.512 e. The Morgan fingerprint density at radius 3 is 2.09 bits per heavy atom. The minimum Gasteiger partial charge on any atom is -0.512 e. The monoisotopic (exact) mass is 174 g/mol. The molecule has 0 aliphatic rings. The van der Waals surface area contributed by atoms with E-state index in [0.29, 0.717) is 5.75 Å². The molecule has 0 aromatic heterocycles. The number of rotatable bonds is 2. The fourth-order valence-electron chi connectivity index (χ4n) is 0.621. The van der Waals surface area contributed by atoms with Crippen LogP contribution in [-0.4, -0.2) is 17.4 Å². The summed E-state index contributed by atoms with van der Waals surface area (Å²) in [6.45, 7) is 0. The molecular weight excluding hydrogens is 166 g/mol. The molecule has 3 nitrogen and oxygen atoms in total. The van der Waals surface area contributed by atoms with Gasteiger partial charge >= 0.3 is 7.32 Å². The van der Waals surface area contributed by atoms with Crippen molar-refractivity contribution < 1.29 is 14.7 Å². The minimum atomic E-state index is -1.73. The molecule has 0 radical (unpaired) electrons. The summed E-state index contributed by atoms with van der Waals surface area (Å²) in [5, 5.41) is 16.7. The van der Waals surface area contributed by atoms with E-state index in [1.165, 1.54) is 0 Å². The van der Waals surface area contributed by atoms with Gasteiger partial charge in [-0.2, -0.15) is 0 Å². The van der Waals surface area contributed by atoms with Crippen LogP contribution in [0.25, 0.3) is 0 Å². The Morgan fingerprint density at radius 2 is 1.64 bits per heavy atom. The summed E-state index contributed by atoms with van der Waals surface area (Å²) < 4.78 is 4.53. The molecule has 0 saturated carbocycles. The summed E-state index contributed by atoms with van der Waals surface area (Å²) in [5.41, 5.74) is 0. The van der Waals surface area contributed by atoms with Crippen molar-refractivity contribution in [2.24, 2.45) is 0 Å². The van der Waals surface area contributed by atoms with Crippen molar-refractivity contribution in [1.29, 1.82) is 0 Å². The lowest BCUT2D eigenvalue weighted by Gasteiger charge is -2.01. The predicted octanol–water partition coefficient (Wildman–Crippen LogP) is 0.457. The Kier molecular flexibility index (Phi) is 4.69. The van der Waals surface area contributed by atoms with Gasteiger partial charge in [0.2, 0.25) is 0 Å². The normalized spacial score (nSPS) is 8.18. The van der Waals surface area contributed by atoms with Gasteiger partial charge in [0.05, 0.1) is 0 Å². The van der Waals surface area contributed by atoms with Crippen LogP contribution >= 0.6 is 12.4 Å². The molecule has 0 aliphatic heterocycles. The van der Waals surface area contributed by atoms with E-state index in [1.807, 2.05) is 6.07 Å². The molecule has 60 valence electrons. The van der Waals surface area contributed by atoms with Gasteiger partial charge in [-0.05, 0) is 12.1 Å². The van der Waals surface area contributed by atoms with Crippen LogP contribution in [0, 0.1) is 0 Å². The van der Waals surface area contributed by atoms with Crippen molar-refractivity contribution in [2.45, 2.75) is 0 Å². The zero-order chi connectivity index (χ0) is 7.40. The van der Waals surface area contributed by atoms with Gasteiger partial charge in [-0.15, -0.1) is 12.4 Å². The minimum absolute atomic E-state index is 0. The van der Waals surface area contributed by atoms with E-state index in [1.54, 1.807) is 24.3 Å². The Balaban J connectivity index is 0.000001000. The van der Waals surface area contributed by atoms with E-state index < -0.39 is 7.32 Å². The summed E-state index contributed by atoms with van der Waals surface area (Å²) in [5.74, 6) is 0.442. The summed E-state index contributed by atoms with van der Waals surface area (Å²) in [6.07, 6.45) is 0. The first kappa shape index (κ1) is 10.3. The Hall–Kier alpha value is -0.705. The maximum absolute atomic E-state index is 8.34. The second kappa shape index (κ2) is 5.01. The van der Waals surface area contributed by atoms with E-state index in [9.17, 15) is 0 Å². The Labute approximate surface area is 71.2 Å². The van der Waals surface area contributed by atoms with Gasteiger partial charge in [-0.25, -0.2) is 0 Å². The van der Waals surface area contributed by atoms with Gasteiger partial charge in [0.1, 0.15) is 5.75 Å². The van der Waals surface area contributed by atoms with Gasteiger partial charge in [0.15, 0.2) is 0 Å². The van der Waals surface area contributed by atoms with E-state index in [4.69, 9.17) is 10.0 Å². The highest BCUT2D eigenvalue weighted by atomic mass is 35.5. The van der Waals surface area contributed by atoms with Crippen LogP contribution in [0.15, 0.2) is 30.3 Å². The molecule has 1 aromatic rings. The van der Waals surface area contributed by atoms with E-state index in [0.717, 1.165) is 0 Å². The molecule has 11 heavy (non-hydrogen) atoms. The van der Waals surface area contributed by atoms with Crippen LogP contribution in [-0.2, 0) is 0 Å². The molecule has 0 bridgehead atoms. The third-order valence-corrected chi connectivity index (χ3v) is 0.985. The van der Waals surface area contributed by atoms with Crippen LogP contribution in [0.2, 0.25) is 0 Å². The molecule has 5 heteroatoms. The Morgan fingerprint density at radius 1 is 1.09 bits per heavy atom. The maximum atomic E-state index is 8.34. The number of para-hydroxylation sites is 1. The second-order valence-corrected chi connectivity index (χ2v) is 1.76. The largest absolute Gasteiger partial charge is 0.707 e. The molecule has 0 fully saturated rings. The molecule has 0 amide bonds. The van der Waals surface area contributed by atoms with Gasteiger partial charge in [0.25, 0.3) is 0 Å². The maximum Gasteiger partial charge on any atom is 0.707 e. The first-order chi connectivity index (χ1) is 4.79. The molecule has 0 spiro atoms. The highest BCUT2D eigenvalue weighted by Gasteiger charge is 2.09. The number of halogens is 1. The molecule has 1 rings (SSSR count). The first-order valence-electron chi connectivity index (χ1n) is 2.87. The number of benzene rings is 1. The molecular formula is C6H8BClO3. The predicted molar refractivity (Wildman–Crippen MR) is 44.5 cm³/mol. The molecule has 2 N–H and O–H groups in total. The molecule has 1 aromatic carbocycles. The summed E-state index contributed by atoms with van der Waals surface area (Å²) in [7, 11) is -1.73. The molecule has 0 saturated heterocycles. The summed E-state index contributed by atoms with van der Waals surface area (Å²) in [4.78, 5) is 0. The second-order valence-electron chi connectivity index (χ2n) is 1.76. The van der Waals surface area contributed by atoms with Crippen molar-refractivity contribution in [3.05, 3.63) is 30.3 Å². The number of hydrogen-bond donors (Lipinski definition) is 2. The van der Waals surface area contributed by atoms with Crippen molar-refractivity contribution in [3.8, 4) is 5.75 Å². The SMILES string of the molecule is Cl.OB(O)Oc1ccccc1. The third-order valence-electron chi connectivity index (χ3n) is 0.985. The fourth-order valence-corrected chi connectivity index (χ4v) is 0.621. The van der Waals surface area contributed by atoms with E-state index >= 15 is 0 Å². The van der Waals surface area contributed by atoms with Gasteiger partial charge in [0, 0.05) is 0 Å². The average Bonchev–Trinajstić information content (AvgIpc) is 1.88. The van der Waals surface area contributed by atoms with Crippen molar-refractivity contribution >= 4 is 19.7 Å². The highest BCUT2D eigenvalue weighted by Crippen LogP contribution is 2.07. The van der Waals surface area contributed by atoms with Gasteiger partial charge < -0.3 is 14.7 Å². The lowest BCUT2D eigenvalue weighted by atomic mass is 10.2. The lowest BCUT2D eigenvalue weighted by Crippen LogP contribution is -2.20. The third kappa shape index (κ3) is 3.88. The summed E-state index contributed by atoms with van der Waals surface area (Å²) in [6, 6.07) is 8.59. The molecule has 0 atom stereocenters. The fraction of sp³-hybridized carbons (Fsp3) is 0.